The molecule has 0 atom stereocenters. The normalized spacial score (nSPS) is 12.1. The van der Waals surface area contributed by atoms with Crippen LogP contribution in [0.1, 0.15) is 31.9 Å². The molecule has 3 nitrogen and oxygen atoms in total. The van der Waals surface area contributed by atoms with Gasteiger partial charge >= 0.3 is 6.18 Å². The average molecular weight is 285 g/mol. The van der Waals surface area contributed by atoms with E-state index in [0.29, 0.717) is 17.3 Å². The number of aromatic nitrogens is 2. The Morgan fingerprint density at radius 3 is 2.78 bits per heavy atom. The first-order valence-electron chi connectivity index (χ1n) is 5.78. The van der Waals surface area contributed by atoms with E-state index in [9.17, 15) is 13.2 Å². The average Bonchev–Trinajstić information content (AvgIpc) is 2.62. The Morgan fingerprint density at radius 1 is 1.44 bits per heavy atom. The number of nitrogens with zero attached hydrogens (tertiary/aromatic N) is 2. The first kappa shape index (κ1) is 15.3. The summed E-state index contributed by atoms with van der Waals surface area (Å²) in [5, 5.41) is 4.31. The lowest BCUT2D eigenvalue weighted by atomic mass is 10.4. The van der Waals surface area contributed by atoms with Crippen molar-refractivity contribution in [2.24, 2.45) is 0 Å². The number of ether oxygens (including phenoxy) is 1. The summed E-state index contributed by atoms with van der Waals surface area (Å²) in [6.45, 7) is 2.65. The predicted octanol–water partition coefficient (Wildman–Crippen LogP) is 3.81. The molecule has 0 unspecified atom stereocenters. The maximum Gasteiger partial charge on any atom is 0.390 e. The lowest BCUT2D eigenvalue weighted by molar-refractivity contribution is -0.137. The van der Waals surface area contributed by atoms with Crippen LogP contribution in [0.4, 0.5) is 13.2 Å². The van der Waals surface area contributed by atoms with Gasteiger partial charge in [0.1, 0.15) is 5.69 Å². The van der Waals surface area contributed by atoms with Crippen molar-refractivity contribution < 1.29 is 17.9 Å². The van der Waals surface area contributed by atoms with Crippen LogP contribution in [0.15, 0.2) is 6.20 Å². The van der Waals surface area contributed by atoms with E-state index < -0.39 is 12.6 Å². The Kier molecular flexibility index (Phi) is 5.95. The van der Waals surface area contributed by atoms with Crippen molar-refractivity contribution in [3.63, 3.8) is 0 Å². The van der Waals surface area contributed by atoms with Gasteiger partial charge < -0.3 is 4.74 Å². The first-order valence-corrected chi connectivity index (χ1v) is 6.16. The van der Waals surface area contributed by atoms with Gasteiger partial charge in [0.25, 0.3) is 0 Å². The number of alkyl halides is 3. The molecule has 1 rings (SSSR count). The molecule has 0 aromatic carbocycles. The van der Waals surface area contributed by atoms with Gasteiger partial charge in [-0.1, -0.05) is 24.9 Å². The highest BCUT2D eigenvalue weighted by atomic mass is 35.5. The van der Waals surface area contributed by atoms with Gasteiger partial charge in [-0.05, 0) is 6.42 Å². The third-order valence-corrected chi connectivity index (χ3v) is 2.61. The fourth-order valence-electron chi connectivity index (χ4n) is 1.31. The van der Waals surface area contributed by atoms with Crippen LogP contribution in [-0.4, -0.2) is 22.6 Å². The SMILES string of the molecule is CCCCOCc1nn(CCC(F)(F)F)cc1Cl. The zero-order chi connectivity index (χ0) is 13.6. The lowest BCUT2D eigenvalue weighted by Gasteiger charge is -2.05. The zero-order valence-electron chi connectivity index (χ0n) is 10.1. The Bertz CT molecular complexity index is 366. The lowest BCUT2D eigenvalue weighted by Crippen LogP contribution is -2.12. The number of hydrogen-bond donors (Lipinski definition) is 0. The summed E-state index contributed by atoms with van der Waals surface area (Å²) in [6, 6.07) is 0. The minimum absolute atomic E-state index is 0.224. The first-order chi connectivity index (χ1) is 8.42. The fraction of sp³-hybridized carbons (Fsp3) is 0.727. The van der Waals surface area contributed by atoms with Gasteiger partial charge in [0.05, 0.1) is 18.1 Å². The summed E-state index contributed by atoms with van der Waals surface area (Å²) < 4.78 is 42.6. The molecule has 0 N–H and O–H groups in total. The van der Waals surface area contributed by atoms with E-state index in [0.717, 1.165) is 12.8 Å². The third-order valence-electron chi connectivity index (χ3n) is 2.29. The standard InChI is InChI=1S/C11H16ClF3N2O/c1-2-3-6-18-8-10-9(12)7-17(16-10)5-4-11(13,14)15/h7H,2-6,8H2,1H3. The molecule has 0 bridgehead atoms. The van der Waals surface area contributed by atoms with E-state index in [1.807, 2.05) is 6.92 Å². The van der Waals surface area contributed by atoms with Gasteiger partial charge in [-0.25, -0.2) is 0 Å². The Hall–Kier alpha value is -0.750. The molecular formula is C11H16ClF3N2O. The quantitative estimate of drug-likeness (QED) is 0.712. The maximum absolute atomic E-state index is 12.0. The molecule has 0 aliphatic heterocycles. The van der Waals surface area contributed by atoms with Crippen LogP contribution in [0.2, 0.25) is 5.02 Å². The molecule has 0 fully saturated rings. The van der Waals surface area contributed by atoms with Gasteiger partial charge in [-0.2, -0.15) is 18.3 Å². The Balaban J connectivity index is 2.43. The summed E-state index contributed by atoms with van der Waals surface area (Å²) in [6.07, 6.45) is -1.75. The van der Waals surface area contributed by atoms with Gasteiger partial charge in [0, 0.05) is 19.3 Å². The highest BCUT2D eigenvalue weighted by Crippen LogP contribution is 2.21. The highest BCUT2D eigenvalue weighted by Gasteiger charge is 2.27. The molecule has 7 heteroatoms. The van der Waals surface area contributed by atoms with Gasteiger partial charge in [-0.15, -0.1) is 0 Å². The molecule has 0 spiro atoms. The molecule has 104 valence electrons. The van der Waals surface area contributed by atoms with E-state index >= 15 is 0 Å². The molecule has 18 heavy (non-hydrogen) atoms. The van der Waals surface area contributed by atoms with Crippen molar-refractivity contribution in [1.82, 2.24) is 9.78 Å². The molecule has 0 radical (unpaired) electrons. The van der Waals surface area contributed by atoms with Crippen molar-refractivity contribution >= 4 is 11.6 Å². The van der Waals surface area contributed by atoms with Crippen molar-refractivity contribution in [2.75, 3.05) is 6.61 Å². The van der Waals surface area contributed by atoms with Crippen LogP contribution in [0.5, 0.6) is 0 Å². The summed E-state index contributed by atoms with van der Waals surface area (Å²) in [5.74, 6) is 0. The summed E-state index contributed by atoms with van der Waals surface area (Å²) in [4.78, 5) is 0. The van der Waals surface area contributed by atoms with E-state index in [1.54, 1.807) is 0 Å². The second-order valence-electron chi connectivity index (χ2n) is 3.96. The summed E-state index contributed by atoms with van der Waals surface area (Å²) in [7, 11) is 0. The van der Waals surface area contributed by atoms with Crippen molar-refractivity contribution in [3.8, 4) is 0 Å². The van der Waals surface area contributed by atoms with Crippen LogP contribution < -0.4 is 0 Å². The van der Waals surface area contributed by atoms with E-state index in [-0.39, 0.29) is 13.2 Å². The molecule has 0 saturated carbocycles. The second kappa shape index (κ2) is 6.99. The number of unbranched alkanes of at least 4 members (excludes halogenated alkanes) is 1. The number of aryl methyl sites for hydroxylation is 1. The smallest absolute Gasteiger partial charge is 0.375 e. The second-order valence-corrected chi connectivity index (χ2v) is 4.37. The van der Waals surface area contributed by atoms with Crippen molar-refractivity contribution in [3.05, 3.63) is 16.9 Å². The van der Waals surface area contributed by atoms with Crippen LogP contribution in [0.3, 0.4) is 0 Å². The molecule has 1 heterocycles. The van der Waals surface area contributed by atoms with Crippen LogP contribution >= 0.6 is 11.6 Å². The van der Waals surface area contributed by atoms with E-state index in [1.165, 1.54) is 10.9 Å². The molecule has 0 amide bonds. The summed E-state index contributed by atoms with van der Waals surface area (Å²) >= 11 is 5.86. The van der Waals surface area contributed by atoms with Crippen molar-refractivity contribution in [1.29, 1.82) is 0 Å². The highest BCUT2D eigenvalue weighted by molar-refractivity contribution is 6.31. The number of hydrogen-bond acceptors (Lipinski definition) is 2. The summed E-state index contributed by atoms with van der Waals surface area (Å²) in [5.41, 5.74) is 0.481. The zero-order valence-corrected chi connectivity index (χ0v) is 10.9. The van der Waals surface area contributed by atoms with Crippen LogP contribution in [0, 0.1) is 0 Å². The predicted molar refractivity (Wildman–Crippen MR) is 62.5 cm³/mol. The minimum Gasteiger partial charge on any atom is -0.375 e. The Morgan fingerprint density at radius 2 is 2.17 bits per heavy atom. The molecule has 0 aliphatic rings. The Labute approximate surface area is 109 Å². The van der Waals surface area contributed by atoms with E-state index in [2.05, 4.69) is 5.10 Å². The maximum atomic E-state index is 12.0. The molecule has 0 aliphatic carbocycles. The fourth-order valence-corrected chi connectivity index (χ4v) is 1.51. The van der Waals surface area contributed by atoms with E-state index in [4.69, 9.17) is 16.3 Å². The minimum atomic E-state index is -4.18. The third kappa shape index (κ3) is 5.73. The van der Waals surface area contributed by atoms with Gasteiger partial charge in [-0.3, -0.25) is 4.68 Å². The monoisotopic (exact) mass is 284 g/mol. The molecule has 1 aromatic rings. The molecule has 0 saturated heterocycles. The topological polar surface area (TPSA) is 27.1 Å². The van der Waals surface area contributed by atoms with Gasteiger partial charge in [0.15, 0.2) is 0 Å². The largest absolute Gasteiger partial charge is 0.390 e. The number of rotatable bonds is 7. The number of halogens is 4. The van der Waals surface area contributed by atoms with Crippen molar-refractivity contribution in [2.45, 2.75) is 45.5 Å². The molecule has 1 aromatic heterocycles. The van der Waals surface area contributed by atoms with Crippen LogP contribution in [0.25, 0.3) is 0 Å². The van der Waals surface area contributed by atoms with Crippen LogP contribution in [-0.2, 0) is 17.9 Å². The van der Waals surface area contributed by atoms with Gasteiger partial charge in [0.2, 0.25) is 0 Å². The molecular weight excluding hydrogens is 269 g/mol.